The van der Waals surface area contributed by atoms with Crippen LogP contribution in [0.1, 0.15) is 63.5 Å². The largest absolute Gasteiger partial charge is 0.373 e. The first kappa shape index (κ1) is 16.5. The molecule has 2 unspecified atom stereocenters. The molecule has 3 heteroatoms. The van der Waals surface area contributed by atoms with Crippen molar-refractivity contribution in [1.82, 2.24) is 5.32 Å². The number of benzene rings is 1. The minimum Gasteiger partial charge on any atom is -0.373 e. The van der Waals surface area contributed by atoms with Crippen LogP contribution in [0.5, 0.6) is 0 Å². The van der Waals surface area contributed by atoms with Crippen LogP contribution in [0, 0.1) is 11.8 Å². The molecule has 2 aliphatic rings. The van der Waals surface area contributed by atoms with Crippen LogP contribution in [0.2, 0.25) is 0 Å². The molecule has 1 aliphatic carbocycles. The van der Waals surface area contributed by atoms with Crippen LogP contribution in [0.3, 0.4) is 0 Å². The van der Waals surface area contributed by atoms with E-state index in [-0.39, 0.29) is 17.9 Å². The first-order chi connectivity index (χ1) is 11.3. The molecule has 23 heavy (non-hydrogen) atoms. The van der Waals surface area contributed by atoms with Crippen LogP contribution in [0.25, 0.3) is 0 Å². The van der Waals surface area contributed by atoms with Gasteiger partial charge in [0.25, 0.3) is 0 Å². The van der Waals surface area contributed by atoms with Crippen molar-refractivity contribution in [2.24, 2.45) is 11.8 Å². The van der Waals surface area contributed by atoms with E-state index in [1.54, 1.807) is 0 Å². The van der Waals surface area contributed by atoms with Gasteiger partial charge in [-0.1, -0.05) is 43.7 Å². The van der Waals surface area contributed by atoms with Crippen LogP contribution < -0.4 is 5.32 Å². The second kappa shape index (κ2) is 7.96. The molecule has 1 N–H and O–H groups in total. The van der Waals surface area contributed by atoms with Crippen molar-refractivity contribution in [3.05, 3.63) is 35.9 Å². The second-order valence-corrected chi connectivity index (χ2v) is 7.09. The number of hydrogen-bond donors (Lipinski definition) is 1. The second-order valence-electron chi connectivity index (χ2n) is 7.09. The lowest BCUT2D eigenvalue weighted by Crippen LogP contribution is -2.44. The van der Waals surface area contributed by atoms with E-state index in [2.05, 4.69) is 24.4 Å². The van der Waals surface area contributed by atoms with E-state index in [0.717, 1.165) is 43.8 Å². The maximum absolute atomic E-state index is 12.8. The standard InChI is InChI=1S/C20H29NO2/c1-2-15-10-12-17(13-11-15)21-20(22)18-9-6-14-23-19(18)16-7-4-3-5-8-16/h3-5,7-8,15,17-19H,2,6,9-14H2,1H3,(H,21,22). The minimum absolute atomic E-state index is 0.0463. The van der Waals surface area contributed by atoms with Crippen molar-refractivity contribution in [2.45, 2.75) is 64.0 Å². The number of ether oxygens (including phenoxy) is 1. The molecule has 1 amide bonds. The molecule has 1 heterocycles. The van der Waals surface area contributed by atoms with Crippen LogP contribution in [0.4, 0.5) is 0 Å². The van der Waals surface area contributed by atoms with E-state index >= 15 is 0 Å². The van der Waals surface area contributed by atoms with Gasteiger partial charge in [0.1, 0.15) is 0 Å². The van der Waals surface area contributed by atoms with Crippen LogP contribution in [-0.2, 0) is 9.53 Å². The topological polar surface area (TPSA) is 38.3 Å². The zero-order chi connectivity index (χ0) is 16.1. The van der Waals surface area contributed by atoms with Gasteiger partial charge in [-0.05, 0) is 50.0 Å². The molecule has 1 aromatic rings. The number of amides is 1. The molecule has 1 saturated heterocycles. The maximum Gasteiger partial charge on any atom is 0.226 e. The Kier molecular flexibility index (Phi) is 5.71. The van der Waals surface area contributed by atoms with Gasteiger partial charge in [-0.15, -0.1) is 0 Å². The van der Waals surface area contributed by atoms with Gasteiger partial charge in [0, 0.05) is 12.6 Å². The molecule has 2 fully saturated rings. The Morgan fingerprint density at radius 2 is 1.87 bits per heavy atom. The minimum atomic E-state index is -0.0862. The van der Waals surface area contributed by atoms with Crippen LogP contribution in [-0.4, -0.2) is 18.6 Å². The Hall–Kier alpha value is -1.35. The Morgan fingerprint density at radius 1 is 1.13 bits per heavy atom. The Balaban J connectivity index is 1.61. The summed E-state index contributed by atoms with van der Waals surface area (Å²) < 4.78 is 5.96. The maximum atomic E-state index is 12.8. The van der Waals surface area contributed by atoms with E-state index in [1.807, 2.05) is 18.2 Å². The van der Waals surface area contributed by atoms with Gasteiger partial charge in [-0.2, -0.15) is 0 Å². The lowest BCUT2D eigenvalue weighted by Gasteiger charge is -2.34. The SMILES string of the molecule is CCC1CCC(NC(=O)C2CCCOC2c2ccccc2)CC1. The Labute approximate surface area is 139 Å². The normalized spacial score (nSPS) is 31.5. The fourth-order valence-corrected chi connectivity index (χ4v) is 4.04. The molecule has 0 aromatic heterocycles. The van der Waals surface area contributed by atoms with E-state index in [4.69, 9.17) is 4.74 Å². The fraction of sp³-hybridized carbons (Fsp3) is 0.650. The Morgan fingerprint density at radius 3 is 2.57 bits per heavy atom. The molecule has 0 spiro atoms. The van der Waals surface area contributed by atoms with Crippen molar-refractivity contribution in [3.8, 4) is 0 Å². The number of nitrogens with one attached hydrogen (secondary N) is 1. The van der Waals surface area contributed by atoms with Crippen molar-refractivity contribution in [3.63, 3.8) is 0 Å². The van der Waals surface area contributed by atoms with Gasteiger partial charge < -0.3 is 10.1 Å². The summed E-state index contributed by atoms with van der Waals surface area (Å²) in [4.78, 5) is 12.8. The first-order valence-corrected chi connectivity index (χ1v) is 9.25. The summed E-state index contributed by atoms with van der Waals surface area (Å²) in [5.74, 6) is 1.01. The summed E-state index contributed by atoms with van der Waals surface area (Å²) in [6.07, 6.45) is 7.86. The summed E-state index contributed by atoms with van der Waals surface area (Å²) >= 11 is 0. The van der Waals surface area contributed by atoms with Crippen molar-refractivity contribution in [1.29, 1.82) is 0 Å². The highest BCUT2D eigenvalue weighted by Gasteiger charge is 2.34. The van der Waals surface area contributed by atoms with Gasteiger partial charge in [-0.3, -0.25) is 4.79 Å². The lowest BCUT2D eigenvalue weighted by molar-refractivity contribution is -0.135. The van der Waals surface area contributed by atoms with E-state index in [9.17, 15) is 4.79 Å². The van der Waals surface area contributed by atoms with E-state index in [1.165, 1.54) is 19.3 Å². The number of carbonyl (C=O) groups is 1. The summed E-state index contributed by atoms with van der Waals surface area (Å²) in [5.41, 5.74) is 1.13. The highest BCUT2D eigenvalue weighted by molar-refractivity contribution is 5.80. The third-order valence-electron chi connectivity index (χ3n) is 5.56. The molecule has 1 aliphatic heterocycles. The fourth-order valence-electron chi connectivity index (χ4n) is 4.04. The predicted molar refractivity (Wildman–Crippen MR) is 92.0 cm³/mol. The van der Waals surface area contributed by atoms with Gasteiger partial charge in [0.15, 0.2) is 0 Å². The molecular weight excluding hydrogens is 286 g/mol. The molecule has 3 nitrogen and oxygen atoms in total. The van der Waals surface area contributed by atoms with E-state index in [0.29, 0.717) is 6.04 Å². The molecule has 126 valence electrons. The van der Waals surface area contributed by atoms with Crippen molar-refractivity contribution < 1.29 is 9.53 Å². The molecule has 0 radical (unpaired) electrons. The number of hydrogen-bond acceptors (Lipinski definition) is 2. The Bertz CT molecular complexity index is 494. The molecule has 1 aromatic carbocycles. The monoisotopic (exact) mass is 315 g/mol. The first-order valence-electron chi connectivity index (χ1n) is 9.25. The lowest BCUT2D eigenvalue weighted by atomic mass is 9.83. The zero-order valence-electron chi connectivity index (χ0n) is 14.2. The average molecular weight is 315 g/mol. The van der Waals surface area contributed by atoms with Crippen LogP contribution in [0.15, 0.2) is 30.3 Å². The molecule has 1 saturated carbocycles. The predicted octanol–water partition coefficient (Wildman–Crippen LogP) is 4.24. The highest BCUT2D eigenvalue weighted by atomic mass is 16.5. The third-order valence-corrected chi connectivity index (χ3v) is 5.56. The quantitative estimate of drug-likeness (QED) is 0.902. The number of rotatable bonds is 4. The van der Waals surface area contributed by atoms with Gasteiger partial charge in [0.05, 0.1) is 12.0 Å². The summed E-state index contributed by atoms with van der Waals surface area (Å²) in [6, 6.07) is 10.6. The summed E-state index contributed by atoms with van der Waals surface area (Å²) in [5, 5.41) is 3.31. The third kappa shape index (κ3) is 4.14. The van der Waals surface area contributed by atoms with Gasteiger partial charge in [-0.25, -0.2) is 0 Å². The van der Waals surface area contributed by atoms with Gasteiger partial charge in [0.2, 0.25) is 5.91 Å². The van der Waals surface area contributed by atoms with Crippen molar-refractivity contribution in [2.75, 3.05) is 6.61 Å². The highest BCUT2D eigenvalue weighted by Crippen LogP contribution is 2.34. The summed E-state index contributed by atoms with van der Waals surface area (Å²) in [6.45, 7) is 3.03. The van der Waals surface area contributed by atoms with Crippen LogP contribution >= 0.6 is 0 Å². The van der Waals surface area contributed by atoms with E-state index < -0.39 is 0 Å². The smallest absolute Gasteiger partial charge is 0.226 e. The summed E-state index contributed by atoms with van der Waals surface area (Å²) in [7, 11) is 0. The molecule has 2 atom stereocenters. The molecule has 0 bridgehead atoms. The average Bonchev–Trinajstić information content (AvgIpc) is 2.63. The van der Waals surface area contributed by atoms with Gasteiger partial charge >= 0.3 is 0 Å². The van der Waals surface area contributed by atoms with Crippen molar-refractivity contribution >= 4 is 5.91 Å². The number of carbonyl (C=O) groups excluding carboxylic acids is 1. The zero-order valence-corrected chi connectivity index (χ0v) is 14.2. The molecular formula is C20H29NO2. The molecule has 3 rings (SSSR count).